The van der Waals surface area contributed by atoms with Gasteiger partial charge in [-0.3, -0.25) is 0 Å². The molecule has 0 amide bonds. The van der Waals surface area contributed by atoms with E-state index in [0.29, 0.717) is 5.69 Å². The predicted octanol–water partition coefficient (Wildman–Crippen LogP) is 2.32. The summed E-state index contributed by atoms with van der Waals surface area (Å²) in [6, 6.07) is 7.53. The normalized spacial score (nSPS) is 9.44. The zero-order valence-electron chi connectivity index (χ0n) is 5.22. The largest absolute Gasteiger partial charge is 0.301 e. The van der Waals surface area contributed by atoms with Crippen molar-refractivity contribution in [1.82, 2.24) is 5.73 Å². The van der Waals surface area contributed by atoms with Crippen LogP contribution in [0.2, 0.25) is 0 Å². The van der Waals surface area contributed by atoms with Crippen LogP contribution in [-0.4, -0.2) is 6.26 Å². The molecular weight excluding hydrogens is 130 g/mol. The summed E-state index contributed by atoms with van der Waals surface area (Å²) in [5.41, 5.74) is 7.81. The highest BCUT2D eigenvalue weighted by molar-refractivity contribution is 7.98. The summed E-state index contributed by atoms with van der Waals surface area (Å²) in [7, 11) is 0. The Balaban J connectivity index is 2.94. The molecule has 0 spiro atoms. The minimum absolute atomic E-state index is 0.585. The molecule has 0 bridgehead atoms. The maximum absolute atomic E-state index is 7.23. The highest BCUT2D eigenvalue weighted by atomic mass is 32.2. The van der Waals surface area contributed by atoms with Crippen molar-refractivity contribution in [3.8, 4) is 0 Å². The van der Waals surface area contributed by atoms with E-state index >= 15 is 0 Å². The molecule has 0 saturated carbocycles. The molecule has 1 rings (SSSR count). The molecule has 0 aliphatic carbocycles. The van der Waals surface area contributed by atoms with Gasteiger partial charge in [0.1, 0.15) is 0 Å². The van der Waals surface area contributed by atoms with E-state index in [9.17, 15) is 0 Å². The van der Waals surface area contributed by atoms with Crippen molar-refractivity contribution in [1.29, 1.82) is 0 Å². The van der Waals surface area contributed by atoms with Crippen molar-refractivity contribution in [3.05, 3.63) is 24.3 Å². The third-order valence-electron chi connectivity index (χ3n) is 1.07. The van der Waals surface area contributed by atoms with Crippen LogP contribution in [0.3, 0.4) is 0 Å². The molecule has 0 aliphatic heterocycles. The molecule has 0 fully saturated rings. The highest BCUT2D eigenvalue weighted by Crippen LogP contribution is 2.16. The fraction of sp³-hybridized carbons (Fsp3) is 0.143. The van der Waals surface area contributed by atoms with E-state index in [4.69, 9.17) is 5.73 Å². The van der Waals surface area contributed by atoms with Crippen molar-refractivity contribution in [3.63, 3.8) is 0 Å². The van der Waals surface area contributed by atoms with Crippen LogP contribution in [0.5, 0.6) is 0 Å². The SMILES string of the molecule is CSc1cccc([NH])c1. The molecule has 1 N–H and O–H groups in total. The molecule has 0 saturated heterocycles. The number of nitrogens with one attached hydrogen (secondary N) is 1. The highest BCUT2D eigenvalue weighted by Gasteiger charge is 1.87. The first kappa shape index (κ1) is 6.49. The lowest BCUT2D eigenvalue weighted by Gasteiger charge is -1.93. The predicted molar refractivity (Wildman–Crippen MR) is 41.0 cm³/mol. The van der Waals surface area contributed by atoms with Crippen LogP contribution in [0.25, 0.3) is 0 Å². The molecule has 2 heteroatoms. The van der Waals surface area contributed by atoms with Gasteiger partial charge < -0.3 is 5.73 Å². The Morgan fingerprint density at radius 2 is 2.22 bits per heavy atom. The fourth-order valence-corrected chi connectivity index (χ4v) is 1.08. The van der Waals surface area contributed by atoms with Crippen molar-refractivity contribution < 1.29 is 0 Å². The average Bonchev–Trinajstić information content (AvgIpc) is 1.88. The van der Waals surface area contributed by atoms with Gasteiger partial charge in [0.2, 0.25) is 0 Å². The Morgan fingerprint density at radius 3 is 2.67 bits per heavy atom. The van der Waals surface area contributed by atoms with Crippen LogP contribution in [0, 0.1) is 0 Å². The lowest BCUT2D eigenvalue weighted by Crippen LogP contribution is -1.69. The number of benzene rings is 1. The summed E-state index contributed by atoms with van der Waals surface area (Å²) >= 11 is 1.66. The lowest BCUT2D eigenvalue weighted by atomic mass is 10.3. The van der Waals surface area contributed by atoms with Gasteiger partial charge in [-0.2, -0.15) is 0 Å². The minimum atomic E-state index is 0.585. The van der Waals surface area contributed by atoms with Gasteiger partial charge in [0.15, 0.2) is 0 Å². The quantitative estimate of drug-likeness (QED) is 0.546. The summed E-state index contributed by atoms with van der Waals surface area (Å²) in [4.78, 5) is 1.16. The molecular formula is C7H8NS. The first-order chi connectivity index (χ1) is 4.33. The first-order valence-electron chi connectivity index (χ1n) is 2.68. The number of thioether (sulfide) groups is 1. The Labute approximate surface area is 59.3 Å². The maximum atomic E-state index is 7.23. The second-order valence-electron chi connectivity index (χ2n) is 1.73. The Kier molecular flexibility index (Phi) is 2.01. The summed E-state index contributed by atoms with van der Waals surface area (Å²) in [6.07, 6.45) is 2.01. The van der Waals surface area contributed by atoms with E-state index in [1.165, 1.54) is 0 Å². The van der Waals surface area contributed by atoms with Gasteiger partial charge in [0, 0.05) is 4.90 Å². The van der Waals surface area contributed by atoms with Gasteiger partial charge >= 0.3 is 0 Å². The van der Waals surface area contributed by atoms with E-state index in [2.05, 4.69) is 0 Å². The average molecular weight is 138 g/mol. The number of hydrogen-bond donors (Lipinski definition) is 0. The van der Waals surface area contributed by atoms with Crippen LogP contribution in [0.15, 0.2) is 29.2 Å². The van der Waals surface area contributed by atoms with Gasteiger partial charge in [-0.25, -0.2) is 0 Å². The van der Waals surface area contributed by atoms with E-state index in [1.807, 2.05) is 24.5 Å². The molecule has 0 atom stereocenters. The minimum Gasteiger partial charge on any atom is -0.301 e. The van der Waals surface area contributed by atoms with Crippen molar-refractivity contribution >= 4 is 17.4 Å². The number of hydrogen-bond acceptors (Lipinski definition) is 1. The van der Waals surface area contributed by atoms with Gasteiger partial charge in [-0.15, -0.1) is 11.8 Å². The molecule has 1 aromatic carbocycles. The molecule has 9 heavy (non-hydrogen) atoms. The molecule has 1 aromatic rings. The van der Waals surface area contributed by atoms with Crippen molar-refractivity contribution in [2.24, 2.45) is 0 Å². The third-order valence-corrected chi connectivity index (χ3v) is 1.80. The molecule has 1 radical (unpaired) electrons. The van der Waals surface area contributed by atoms with E-state index in [-0.39, 0.29) is 0 Å². The van der Waals surface area contributed by atoms with Crippen molar-refractivity contribution in [2.75, 3.05) is 6.26 Å². The Morgan fingerprint density at radius 1 is 1.44 bits per heavy atom. The van der Waals surface area contributed by atoms with Crippen LogP contribution in [0.1, 0.15) is 0 Å². The topological polar surface area (TPSA) is 23.8 Å². The van der Waals surface area contributed by atoms with E-state index in [0.717, 1.165) is 4.90 Å². The van der Waals surface area contributed by atoms with E-state index < -0.39 is 0 Å². The van der Waals surface area contributed by atoms with Gasteiger partial charge in [0.25, 0.3) is 0 Å². The molecule has 47 valence electrons. The summed E-state index contributed by atoms with van der Waals surface area (Å²) in [5, 5.41) is 0. The third kappa shape index (κ3) is 1.64. The van der Waals surface area contributed by atoms with Crippen LogP contribution < -0.4 is 5.73 Å². The molecule has 0 heterocycles. The second kappa shape index (κ2) is 2.78. The van der Waals surface area contributed by atoms with Crippen LogP contribution in [0.4, 0.5) is 5.69 Å². The zero-order valence-corrected chi connectivity index (χ0v) is 6.03. The Hall–Kier alpha value is -0.630. The standard InChI is InChI=1S/C7H8NS/c1-9-7-4-2-3-6(8)5-7/h2-5,8H,1H3. The van der Waals surface area contributed by atoms with Gasteiger partial charge in [0.05, 0.1) is 5.69 Å². The smallest absolute Gasteiger partial charge is 0.0551 e. The zero-order chi connectivity index (χ0) is 6.69. The van der Waals surface area contributed by atoms with E-state index in [1.54, 1.807) is 17.8 Å². The molecule has 0 aliphatic rings. The summed E-state index contributed by atoms with van der Waals surface area (Å²) < 4.78 is 0. The van der Waals surface area contributed by atoms with Crippen LogP contribution in [-0.2, 0) is 0 Å². The number of rotatable bonds is 1. The van der Waals surface area contributed by atoms with Crippen molar-refractivity contribution in [2.45, 2.75) is 4.90 Å². The van der Waals surface area contributed by atoms with Gasteiger partial charge in [-0.05, 0) is 24.5 Å². The summed E-state index contributed by atoms with van der Waals surface area (Å²) in [6.45, 7) is 0. The first-order valence-corrected chi connectivity index (χ1v) is 3.91. The Bertz CT molecular complexity index is 198. The molecule has 0 aromatic heterocycles. The lowest BCUT2D eigenvalue weighted by molar-refractivity contribution is 1.39. The maximum Gasteiger partial charge on any atom is 0.0551 e. The monoisotopic (exact) mass is 138 g/mol. The fourth-order valence-electron chi connectivity index (χ4n) is 0.623. The molecule has 0 unspecified atom stereocenters. The van der Waals surface area contributed by atoms with Gasteiger partial charge in [-0.1, -0.05) is 6.07 Å². The van der Waals surface area contributed by atoms with Crippen LogP contribution >= 0.6 is 11.8 Å². The second-order valence-corrected chi connectivity index (χ2v) is 2.61. The summed E-state index contributed by atoms with van der Waals surface area (Å²) in [5.74, 6) is 0. The molecule has 1 nitrogen and oxygen atoms in total.